The maximum atomic E-state index is 6.27. The lowest BCUT2D eigenvalue weighted by atomic mass is 10.2. The van der Waals surface area contributed by atoms with Crippen molar-refractivity contribution in [1.82, 2.24) is 14.5 Å². The lowest BCUT2D eigenvalue weighted by Crippen LogP contribution is -2.41. The number of hydrogen-bond acceptors (Lipinski definition) is 3. The predicted molar refractivity (Wildman–Crippen MR) is 97.9 cm³/mol. The molecule has 0 spiro atoms. The minimum atomic E-state index is -1.65. The maximum absolute atomic E-state index is 6.27. The van der Waals surface area contributed by atoms with Crippen LogP contribution in [0.5, 0.6) is 0 Å². The van der Waals surface area contributed by atoms with Gasteiger partial charge in [-0.1, -0.05) is 20.8 Å². The normalized spacial score (nSPS) is 14.0. The summed E-state index contributed by atoms with van der Waals surface area (Å²) in [4.78, 5) is 8.64. The lowest BCUT2D eigenvalue weighted by molar-refractivity contribution is 0.260. The number of rotatable bonds is 6. The average molecular weight is 332 g/mol. The van der Waals surface area contributed by atoms with Crippen molar-refractivity contribution in [2.75, 3.05) is 6.61 Å². The summed E-state index contributed by atoms with van der Waals surface area (Å²) in [6, 6.07) is 4.34. The van der Waals surface area contributed by atoms with Crippen LogP contribution in [0.1, 0.15) is 40.2 Å². The molecule has 0 unspecified atom stereocenters. The molecule has 0 fully saturated rings. The first-order valence-corrected chi connectivity index (χ1v) is 11.2. The van der Waals surface area contributed by atoms with Gasteiger partial charge in [-0.25, -0.2) is 4.98 Å². The molecule has 2 heterocycles. The van der Waals surface area contributed by atoms with E-state index < -0.39 is 8.32 Å². The number of pyridine rings is 1. The molecule has 0 aromatic carbocycles. The minimum absolute atomic E-state index is 0.263. The highest BCUT2D eigenvalue weighted by molar-refractivity contribution is 6.74. The molecule has 0 aliphatic carbocycles. The van der Waals surface area contributed by atoms with Gasteiger partial charge in [-0.3, -0.25) is 4.98 Å². The smallest absolute Gasteiger partial charge is 0.191 e. The molecule has 0 saturated carbocycles. The van der Waals surface area contributed by atoms with Gasteiger partial charge < -0.3 is 8.99 Å². The quantitative estimate of drug-likeness (QED) is 0.705. The van der Waals surface area contributed by atoms with E-state index >= 15 is 0 Å². The second kappa shape index (κ2) is 6.97. The Bertz CT molecular complexity index is 617. The molecule has 0 radical (unpaired) electrons. The van der Waals surface area contributed by atoms with E-state index in [1.54, 1.807) is 6.20 Å². The van der Waals surface area contributed by atoms with E-state index in [1.165, 1.54) is 0 Å². The summed E-state index contributed by atoms with van der Waals surface area (Å²) >= 11 is 0. The van der Waals surface area contributed by atoms with Crippen molar-refractivity contribution >= 4 is 8.32 Å². The molecule has 0 aliphatic rings. The Hall–Kier alpha value is -1.46. The van der Waals surface area contributed by atoms with Crippen molar-refractivity contribution < 1.29 is 4.43 Å². The third-order valence-corrected chi connectivity index (χ3v) is 9.41. The van der Waals surface area contributed by atoms with Crippen LogP contribution in [0, 0.1) is 0 Å². The molecule has 2 aromatic heterocycles. The highest BCUT2D eigenvalue weighted by Gasteiger charge is 2.36. The molecule has 0 aliphatic heterocycles. The van der Waals surface area contributed by atoms with Gasteiger partial charge in [0.2, 0.25) is 0 Å². The van der Waals surface area contributed by atoms with E-state index in [9.17, 15) is 0 Å². The van der Waals surface area contributed by atoms with Crippen LogP contribution in [-0.4, -0.2) is 29.5 Å². The molecular weight excluding hydrogens is 302 g/mol. The SMILES string of the molecule is C[C@H](CCO[Si](C)(C)C(C)(C)C)n1cnc(-c2cccnc2)c1. The summed E-state index contributed by atoms with van der Waals surface area (Å²) in [5, 5.41) is 0.263. The Kier molecular flexibility index (Phi) is 5.42. The molecule has 0 bridgehead atoms. The van der Waals surface area contributed by atoms with Gasteiger partial charge in [0, 0.05) is 36.8 Å². The zero-order valence-corrected chi connectivity index (χ0v) is 16.2. The minimum Gasteiger partial charge on any atom is -0.417 e. The molecule has 5 heteroatoms. The van der Waals surface area contributed by atoms with E-state index in [4.69, 9.17) is 4.43 Å². The Morgan fingerprint density at radius 3 is 2.65 bits per heavy atom. The van der Waals surface area contributed by atoms with E-state index in [-0.39, 0.29) is 5.04 Å². The fourth-order valence-corrected chi connectivity index (χ4v) is 3.15. The first-order valence-electron chi connectivity index (χ1n) is 8.28. The van der Waals surface area contributed by atoms with Gasteiger partial charge in [0.05, 0.1) is 12.0 Å². The zero-order valence-electron chi connectivity index (χ0n) is 15.2. The van der Waals surface area contributed by atoms with Gasteiger partial charge >= 0.3 is 0 Å². The maximum Gasteiger partial charge on any atom is 0.191 e. The number of hydrogen-bond donors (Lipinski definition) is 0. The third-order valence-electron chi connectivity index (χ3n) is 4.87. The standard InChI is InChI=1S/C18H29N3OSi/c1-15(9-11-22-23(5,6)18(2,3)4)21-13-17(20-14-21)16-8-7-10-19-12-16/h7-8,10,12-15H,9,11H2,1-6H3/t15-/m1/s1. The van der Waals surface area contributed by atoms with Crippen molar-refractivity contribution in [3.8, 4) is 11.3 Å². The highest BCUT2D eigenvalue weighted by Crippen LogP contribution is 2.36. The van der Waals surface area contributed by atoms with Crippen LogP contribution in [0.3, 0.4) is 0 Å². The molecular formula is C18H29N3OSi. The van der Waals surface area contributed by atoms with E-state index in [0.717, 1.165) is 24.3 Å². The summed E-state index contributed by atoms with van der Waals surface area (Å²) in [7, 11) is -1.65. The fraction of sp³-hybridized carbons (Fsp3) is 0.556. The summed E-state index contributed by atoms with van der Waals surface area (Å²) in [5.74, 6) is 0. The van der Waals surface area contributed by atoms with Crippen molar-refractivity contribution in [3.63, 3.8) is 0 Å². The van der Waals surface area contributed by atoms with Crippen molar-refractivity contribution in [2.45, 2.75) is 58.3 Å². The summed E-state index contributed by atoms with van der Waals surface area (Å²) in [5.41, 5.74) is 2.02. The van der Waals surface area contributed by atoms with Gasteiger partial charge in [0.25, 0.3) is 0 Å². The Balaban J connectivity index is 1.92. The second-order valence-electron chi connectivity index (χ2n) is 7.69. The fourth-order valence-electron chi connectivity index (χ4n) is 2.09. The largest absolute Gasteiger partial charge is 0.417 e. The molecule has 4 nitrogen and oxygen atoms in total. The summed E-state index contributed by atoms with van der Waals surface area (Å²) in [6.07, 6.45) is 8.61. The molecule has 23 heavy (non-hydrogen) atoms. The molecule has 0 amide bonds. The highest BCUT2D eigenvalue weighted by atomic mass is 28.4. The molecule has 0 N–H and O–H groups in total. The first-order chi connectivity index (χ1) is 10.7. The molecule has 126 valence electrons. The van der Waals surface area contributed by atoms with Crippen LogP contribution < -0.4 is 0 Å². The van der Waals surface area contributed by atoms with Crippen LogP contribution >= 0.6 is 0 Å². The van der Waals surface area contributed by atoms with Crippen molar-refractivity contribution in [2.24, 2.45) is 0 Å². The van der Waals surface area contributed by atoms with Crippen LogP contribution in [0.4, 0.5) is 0 Å². The van der Waals surface area contributed by atoms with Crippen LogP contribution in [0.15, 0.2) is 37.1 Å². The Morgan fingerprint density at radius 1 is 1.30 bits per heavy atom. The first kappa shape index (κ1) is 17.9. The molecule has 0 saturated heterocycles. The monoisotopic (exact) mass is 331 g/mol. The van der Waals surface area contributed by atoms with Gasteiger partial charge in [-0.15, -0.1) is 0 Å². The topological polar surface area (TPSA) is 39.9 Å². The van der Waals surface area contributed by atoms with Crippen molar-refractivity contribution in [3.05, 3.63) is 37.1 Å². The van der Waals surface area contributed by atoms with Crippen LogP contribution in [0.25, 0.3) is 11.3 Å². The molecule has 1 atom stereocenters. The molecule has 2 rings (SSSR count). The van der Waals surface area contributed by atoms with E-state index in [1.807, 2.05) is 24.7 Å². The van der Waals surface area contributed by atoms with Gasteiger partial charge in [0.1, 0.15) is 0 Å². The lowest BCUT2D eigenvalue weighted by Gasteiger charge is -2.36. The number of nitrogens with zero attached hydrogens (tertiary/aromatic N) is 3. The summed E-state index contributed by atoms with van der Waals surface area (Å²) < 4.78 is 8.44. The number of aromatic nitrogens is 3. The van der Waals surface area contributed by atoms with Crippen molar-refractivity contribution in [1.29, 1.82) is 0 Å². The second-order valence-corrected chi connectivity index (χ2v) is 12.5. The van der Waals surface area contributed by atoms with Gasteiger partial charge in [-0.05, 0) is 43.6 Å². The van der Waals surface area contributed by atoms with Crippen LogP contribution in [-0.2, 0) is 4.43 Å². The average Bonchev–Trinajstić information content (AvgIpc) is 2.96. The van der Waals surface area contributed by atoms with E-state index in [0.29, 0.717) is 6.04 Å². The van der Waals surface area contributed by atoms with E-state index in [2.05, 4.69) is 61.5 Å². The van der Waals surface area contributed by atoms with Gasteiger partial charge in [-0.2, -0.15) is 0 Å². The molecule has 2 aromatic rings. The Labute approximate surface area is 141 Å². The Morgan fingerprint density at radius 2 is 2.04 bits per heavy atom. The summed E-state index contributed by atoms with van der Waals surface area (Å²) in [6.45, 7) is 14.4. The van der Waals surface area contributed by atoms with Gasteiger partial charge in [0.15, 0.2) is 8.32 Å². The number of imidazole rings is 1. The van der Waals surface area contributed by atoms with Crippen LogP contribution in [0.2, 0.25) is 18.1 Å². The predicted octanol–water partition coefficient (Wildman–Crippen LogP) is 4.92. The third kappa shape index (κ3) is 4.51. The zero-order chi connectivity index (χ0) is 17.1.